The second-order valence-electron chi connectivity index (χ2n) is 25.6. The molecule has 6 aliphatic heterocycles. The van der Waals surface area contributed by atoms with Crippen LogP contribution in [0.15, 0.2) is 195 Å². The maximum atomic E-state index is 13.6. The molecule has 10 aromatic rings. The second-order valence-corrected chi connectivity index (χ2v) is 26.8. The summed E-state index contributed by atoms with van der Waals surface area (Å²) in [4.78, 5) is 64.8. The van der Waals surface area contributed by atoms with Crippen LogP contribution < -0.4 is 41.5 Å². The van der Waals surface area contributed by atoms with Crippen LogP contribution in [0.3, 0.4) is 0 Å². The van der Waals surface area contributed by atoms with Crippen LogP contribution in [-0.2, 0) is 77.5 Å². The first-order valence-corrected chi connectivity index (χ1v) is 38.7. The number of ether oxygens (including phenoxy) is 4. The molecule has 582 valence electrons. The van der Waals surface area contributed by atoms with E-state index < -0.39 is 59.3 Å². The third kappa shape index (κ3) is 21.8. The minimum absolute atomic E-state index is 0.0433. The Labute approximate surface area is 662 Å². The van der Waals surface area contributed by atoms with Gasteiger partial charge in [-0.2, -0.15) is 15.3 Å². The number of hydrogen-bond acceptors (Lipinski definition) is 16. The van der Waals surface area contributed by atoms with Gasteiger partial charge < -0.3 is 50.6 Å². The quantitative estimate of drug-likeness (QED) is 0.0231. The van der Waals surface area contributed by atoms with Crippen molar-refractivity contribution in [3.05, 3.63) is 278 Å². The molecule has 0 radical (unpaired) electrons. The molecule has 3 aromatic heterocycles. The van der Waals surface area contributed by atoms with E-state index in [-0.39, 0.29) is 72.9 Å². The molecule has 24 nitrogen and oxygen atoms in total. The molecule has 0 aliphatic carbocycles. The van der Waals surface area contributed by atoms with E-state index in [1.807, 2.05) is 139 Å². The number of para-hydroxylation sites is 1. The molecule has 16 rings (SSSR count). The van der Waals surface area contributed by atoms with Gasteiger partial charge in [0.15, 0.2) is 34.9 Å². The number of alkyl carbamates (subject to hydrolysis) is 1. The molecule has 7 aromatic carbocycles. The standard InChI is InChI=1S/C24H21F3N4O3.C16H18N4O2.C13H8F3NO2.C9H9NO2.C8H11NO.C7H10IN3.Cu.HI/c1-14-11-31-20(12-29(14)22(32)9-15-7-17(25)23(27)18(26)8-15)19(10-28-31)30-13-21(34-24(30)33)16-5-3-2-4-6-16;1-11-9-20-14(7-17-11)13(8-18-20)19-10-15(22-16(19)21)12-5-3-2-4-6-12;14-10-6-8(7-11(15)12(10)16)17-13(18)19-9-4-2-1-3-5-9;11-9-10-6-8(12-9)7-4-2-1-3-5-7;9-6-8(10)7-4-2-1-3-5-7;1-5-4-11-7(3-9-5)6(8)2-10-11;;/h2-8,10,14,21H,9,11-13H2,1H3;2-6,8,11,15,17H,7,9-10H2,1H3;1-7H,(H,17,18);1-5,8H,6H2,(H,10,11);1-5,8,10H,6,9H2;2,5,9H,3-4H2,1H3;;1H/q;;;;;;+1;/p-1/t14-,21?;11-,15?;;;;5-;;/m00...0../s1. The van der Waals surface area contributed by atoms with Crippen molar-refractivity contribution in [1.29, 1.82) is 0 Å². The van der Waals surface area contributed by atoms with Gasteiger partial charge in [0.05, 0.1) is 115 Å². The van der Waals surface area contributed by atoms with Crippen molar-refractivity contribution in [3.8, 4) is 5.75 Å². The van der Waals surface area contributed by atoms with Crippen LogP contribution in [0.4, 0.5) is 62.6 Å². The van der Waals surface area contributed by atoms with E-state index in [2.05, 4.69) is 90.4 Å². The SMILES string of the molecule is C[C@H]1Cn2ncc(I)c2CN1.C[C@H]1Cn2ncc(N3CC(c4ccccc4)OC3=O)c2CN1.C[C@H]1Cn2ncc(N3CC(c4ccccc4)OC3=O)c2CN1C(=O)Cc1cc(F)c(F)c(F)c1.NCC(O)c1ccccc1.O=C(Nc1cc(F)c(F)c(F)c1)Oc1ccccc1.O=C1NCC(c2ccccc2)O1.[Cu][I]. The molecule has 7 N–H and O–H groups in total. The van der Waals surface area contributed by atoms with Gasteiger partial charge in [-0.1, -0.05) is 140 Å². The maximum absolute atomic E-state index is 13.6. The minimum atomic E-state index is -1.60. The summed E-state index contributed by atoms with van der Waals surface area (Å²) in [6.07, 6.45) is 1.65. The number of aliphatic hydroxyl groups excluding tert-OH is 1. The summed E-state index contributed by atoms with van der Waals surface area (Å²) >= 11 is 8.19. The predicted octanol–water partition coefficient (Wildman–Crippen LogP) is 13.8. The average Bonchev–Trinajstić information content (AvgIpc) is 1.62. The van der Waals surface area contributed by atoms with Crippen molar-refractivity contribution < 1.29 is 87.1 Å². The molecule has 0 spiro atoms. The van der Waals surface area contributed by atoms with Crippen LogP contribution >= 0.6 is 42.9 Å². The molecule has 110 heavy (non-hydrogen) atoms. The molecule has 5 amide bonds. The van der Waals surface area contributed by atoms with E-state index >= 15 is 0 Å². The number of cyclic esters (lactones) is 3. The van der Waals surface area contributed by atoms with E-state index in [1.165, 1.54) is 26.3 Å². The first kappa shape index (κ1) is 82.6. The molecular formula is C77H77CuF6I2N14O10. The van der Waals surface area contributed by atoms with Crippen molar-refractivity contribution in [3.63, 3.8) is 0 Å². The van der Waals surface area contributed by atoms with Crippen molar-refractivity contribution in [2.45, 2.75) is 109 Å². The Morgan fingerprint density at radius 1 is 0.591 bits per heavy atom. The van der Waals surface area contributed by atoms with E-state index in [0.717, 1.165) is 71.9 Å². The Bertz CT molecular complexity index is 4700. The van der Waals surface area contributed by atoms with Crippen LogP contribution in [-0.4, -0.2) is 114 Å². The third-order valence-electron chi connectivity index (χ3n) is 17.9. The number of halogens is 8. The Balaban J connectivity index is 0.000000148. The number of nitrogens with zero attached hydrogens (tertiary/aromatic N) is 9. The molecule has 3 fully saturated rings. The number of aliphatic hydroxyl groups is 1. The fourth-order valence-corrected chi connectivity index (χ4v) is 12.8. The third-order valence-corrected chi connectivity index (χ3v) is 18.8. The van der Waals surface area contributed by atoms with Crippen molar-refractivity contribution >= 4 is 90.3 Å². The van der Waals surface area contributed by atoms with Gasteiger partial charge in [-0.05, 0) is 95.4 Å². The number of benzene rings is 7. The number of amides is 5. The van der Waals surface area contributed by atoms with E-state index in [1.54, 1.807) is 65.4 Å². The number of carbonyl (C=O) groups excluding carboxylic acids is 5. The first-order chi connectivity index (χ1) is 53.1. The summed E-state index contributed by atoms with van der Waals surface area (Å²) in [5, 5.41) is 33.8. The van der Waals surface area contributed by atoms with E-state index in [4.69, 9.17) is 24.7 Å². The Hall–Kier alpha value is -9.88. The number of fused-ring (bicyclic) bond motifs is 3. The number of aromatic nitrogens is 6. The Morgan fingerprint density at radius 3 is 1.52 bits per heavy atom. The van der Waals surface area contributed by atoms with Gasteiger partial charge in [0.2, 0.25) is 5.91 Å². The molecular weight excluding hydrogens is 1710 g/mol. The van der Waals surface area contributed by atoms with Gasteiger partial charge in [-0.25, -0.2) is 45.5 Å². The van der Waals surface area contributed by atoms with E-state index in [9.17, 15) is 55.4 Å². The normalized spacial score (nSPS) is 18.6. The molecule has 4 unspecified atom stereocenters. The summed E-state index contributed by atoms with van der Waals surface area (Å²) < 4.78 is 107. The zero-order valence-corrected chi connectivity index (χ0v) is 64.6. The topological polar surface area (TPSA) is 280 Å². The van der Waals surface area contributed by atoms with Gasteiger partial charge in [0.25, 0.3) is 0 Å². The molecule has 0 bridgehead atoms. The summed E-state index contributed by atoms with van der Waals surface area (Å²) in [6.45, 7) is 11.9. The number of hydrogen-bond donors (Lipinski definition) is 6. The number of nitrogens with two attached hydrogens (primary N) is 1. The summed E-state index contributed by atoms with van der Waals surface area (Å²) in [7, 11) is 0. The number of rotatable bonds is 11. The first-order valence-electron chi connectivity index (χ1n) is 34.5. The fourth-order valence-electron chi connectivity index (χ4n) is 12.2. The van der Waals surface area contributed by atoms with Gasteiger partial charge in [-0.15, -0.1) is 0 Å². The Kier molecular flexibility index (Phi) is 29.8. The van der Waals surface area contributed by atoms with Crippen LogP contribution in [0, 0.1) is 38.5 Å². The van der Waals surface area contributed by atoms with Crippen LogP contribution in [0.5, 0.6) is 5.75 Å². The van der Waals surface area contributed by atoms with Crippen LogP contribution in [0.2, 0.25) is 0 Å². The van der Waals surface area contributed by atoms with Crippen molar-refractivity contribution in [2.24, 2.45) is 5.73 Å². The van der Waals surface area contributed by atoms with Gasteiger partial charge in [-0.3, -0.25) is 34.0 Å². The number of carbonyl (C=O) groups is 5. The van der Waals surface area contributed by atoms with Gasteiger partial charge in [0, 0.05) is 49.9 Å². The number of anilines is 3. The molecule has 33 heteroatoms. The fraction of sp³-hybridized carbons (Fsp3) is 0.273. The molecule has 0 saturated carbocycles. The summed E-state index contributed by atoms with van der Waals surface area (Å²) in [6, 6.07) is 50.1. The van der Waals surface area contributed by atoms with Crippen molar-refractivity contribution in [1.82, 2.24) is 50.2 Å². The summed E-state index contributed by atoms with van der Waals surface area (Å²) in [5.74, 6) is -8.73. The van der Waals surface area contributed by atoms with Crippen LogP contribution in [0.25, 0.3) is 0 Å². The van der Waals surface area contributed by atoms with Gasteiger partial charge in [0.1, 0.15) is 24.1 Å². The second kappa shape index (κ2) is 39.7. The van der Waals surface area contributed by atoms with E-state index in [0.29, 0.717) is 61.8 Å². The molecule has 7 atom stereocenters. The van der Waals surface area contributed by atoms with Gasteiger partial charge >= 0.3 is 57.5 Å². The average molecular weight is 1790 g/mol. The number of nitrogens with one attached hydrogen (secondary N) is 4. The molecule has 3 saturated heterocycles. The van der Waals surface area contributed by atoms with Crippen molar-refractivity contribution in [2.75, 3.05) is 41.3 Å². The summed E-state index contributed by atoms with van der Waals surface area (Å²) in [5.41, 5.74) is 13.3. The zero-order valence-electron chi connectivity index (χ0n) is 59.3. The molecule has 6 aliphatic rings. The zero-order chi connectivity index (χ0) is 78.5. The Morgan fingerprint density at radius 2 is 1.03 bits per heavy atom. The molecule has 9 heterocycles. The van der Waals surface area contributed by atoms with Crippen LogP contribution in [0.1, 0.15) is 90.1 Å². The monoisotopic (exact) mass is 1790 g/mol. The predicted molar refractivity (Wildman–Crippen MR) is 409 cm³/mol.